The number of aliphatic imine (C=N–C) groups is 1. The maximum absolute atomic E-state index is 11.7. The molecule has 1 aromatic rings. The molecule has 1 aromatic heterocycles. The summed E-state index contributed by atoms with van der Waals surface area (Å²) in [5, 5.41) is 7.55. The van der Waals surface area contributed by atoms with E-state index >= 15 is 0 Å². The van der Waals surface area contributed by atoms with Crippen molar-refractivity contribution in [3.05, 3.63) is 22.4 Å². The van der Waals surface area contributed by atoms with Crippen LogP contribution in [0.15, 0.2) is 21.8 Å². The number of piperazine rings is 1. The standard InChI is InChI=1S/C14H22N4O2S.HI/c1-3-20-14(19)18-7-5-17(6-8-18)13(15-2)16-10-12-4-9-21-11-12;/h4,9,11H,3,5-8,10H2,1-2H3,(H,15,16);1H. The van der Waals surface area contributed by atoms with Crippen LogP contribution >= 0.6 is 35.3 Å². The molecule has 1 amide bonds. The van der Waals surface area contributed by atoms with E-state index in [2.05, 4.69) is 32.0 Å². The van der Waals surface area contributed by atoms with Gasteiger partial charge in [-0.3, -0.25) is 4.99 Å². The normalized spacial score (nSPS) is 15.3. The van der Waals surface area contributed by atoms with Gasteiger partial charge in [0, 0.05) is 39.8 Å². The minimum absolute atomic E-state index is 0. The molecule has 1 aliphatic heterocycles. The molecule has 0 unspecified atom stereocenters. The van der Waals surface area contributed by atoms with Crippen LogP contribution in [-0.2, 0) is 11.3 Å². The zero-order valence-corrected chi connectivity index (χ0v) is 16.1. The van der Waals surface area contributed by atoms with Crippen molar-refractivity contribution < 1.29 is 9.53 Å². The van der Waals surface area contributed by atoms with Crippen molar-refractivity contribution in [2.45, 2.75) is 13.5 Å². The largest absolute Gasteiger partial charge is 0.450 e. The number of amides is 1. The highest BCUT2D eigenvalue weighted by Crippen LogP contribution is 2.07. The summed E-state index contributed by atoms with van der Waals surface area (Å²) in [5.41, 5.74) is 1.26. The number of ether oxygens (including phenoxy) is 1. The van der Waals surface area contributed by atoms with Gasteiger partial charge in [0.2, 0.25) is 0 Å². The molecular weight excluding hydrogens is 415 g/mol. The first-order valence-corrected chi connectivity index (χ1v) is 8.07. The van der Waals surface area contributed by atoms with Gasteiger partial charge in [-0.2, -0.15) is 11.3 Å². The zero-order valence-electron chi connectivity index (χ0n) is 12.9. The molecule has 22 heavy (non-hydrogen) atoms. The molecule has 6 nitrogen and oxygen atoms in total. The van der Waals surface area contributed by atoms with Crippen molar-refractivity contribution in [1.29, 1.82) is 0 Å². The molecular formula is C14H23IN4O2S. The third-order valence-electron chi connectivity index (χ3n) is 3.35. The number of carbonyl (C=O) groups excluding carboxylic acids is 1. The first-order chi connectivity index (χ1) is 10.2. The van der Waals surface area contributed by atoms with Crippen LogP contribution in [0, 0.1) is 0 Å². The minimum Gasteiger partial charge on any atom is -0.450 e. The second-order valence-electron chi connectivity index (χ2n) is 4.71. The predicted octanol–water partition coefficient (Wildman–Crippen LogP) is 2.22. The van der Waals surface area contributed by atoms with Gasteiger partial charge in [0.1, 0.15) is 0 Å². The van der Waals surface area contributed by atoms with Crippen LogP contribution in [0.2, 0.25) is 0 Å². The fourth-order valence-electron chi connectivity index (χ4n) is 2.22. The van der Waals surface area contributed by atoms with E-state index in [0.29, 0.717) is 19.7 Å². The quantitative estimate of drug-likeness (QED) is 0.447. The summed E-state index contributed by atoms with van der Waals surface area (Å²) in [6.07, 6.45) is -0.224. The summed E-state index contributed by atoms with van der Waals surface area (Å²) in [5.74, 6) is 0.879. The molecule has 0 spiro atoms. The second kappa shape index (κ2) is 9.88. The van der Waals surface area contributed by atoms with E-state index in [1.807, 2.05) is 6.92 Å². The van der Waals surface area contributed by atoms with Crippen LogP contribution < -0.4 is 5.32 Å². The lowest BCUT2D eigenvalue weighted by Crippen LogP contribution is -2.53. The Morgan fingerprint density at radius 1 is 1.36 bits per heavy atom. The third-order valence-corrected chi connectivity index (χ3v) is 4.08. The maximum atomic E-state index is 11.7. The summed E-state index contributed by atoms with van der Waals surface area (Å²) in [6.45, 7) is 5.88. The van der Waals surface area contributed by atoms with E-state index in [4.69, 9.17) is 4.74 Å². The average Bonchev–Trinajstić information content (AvgIpc) is 3.02. The molecule has 0 aromatic carbocycles. The van der Waals surface area contributed by atoms with Crippen molar-refractivity contribution in [3.8, 4) is 0 Å². The molecule has 1 fully saturated rings. The Morgan fingerprint density at radius 3 is 2.59 bits per heavy atom. The smallest absolute Gasteiger partial charge is 0.409 e. The molecule has 2 heterocycles. The SMILES string of the molecule is CCOC(=O)N1CCN(C(=NC)NCc2ccsc2)CC1.I. The Balaban J connectivity index is 0.00000242. The number of hydrogen-bond donors (Lipinski definition) is 1. The highest BCUT2D eigenvalue weighted by atomic mass is 127. The van der Waals surface area contributed by atoms with Gasteiger partial charge in [-0.15, -0.1) is 24.0 Å². The highest BCUT2D eigenvalue weighted by molar-refractivity contribution is 14.0. The second-order valence-corrected chi connectivity index (χ2v) is 5.49. The molecule has 1 saturated heterocycles. The van der Waals surface area contributed by atoms with Gasteiger partial charge in [0.15, 0.2) is 5.96 Å². The molecule has 1 aliphatic rings. The number of nitrogens with one attached hydrogen (secondary N) is 1. The molecule has 8 heteroatoms. The summed E-state index contributed by atoms with van der Waals surface area (Å²) in [7, 11) is 1.79. The van der Waals surface area contributed by atoms with Crippen LogP contribution in [0.5, 0.6) is 0 Å². The van der Waals surface area contributed by atoms with Gasteiger partial charge in [-0.1, -0.05) is 0 Å². The number of rotatable bonds is 3. The monoisotopic (exact) mass is 438 g/mol. The topological polar surface area (TPSA) is 57.2 Å². The maximum Gasteiger partial charge on any atom is 0.409 e. The van der Waals surface area contributed by atoms with Crippen molar-refractivity contribution in [1.82, 2.24) is 15.1 Å². The third kappa shape index (κ3) is 5.31. The van der Waals surface area contributed by atoms with Gasteiger partial charge in [0.25, 0.3) is 0 Å². The minimum atomic E-state index is -0.224. The summed E-state index contributed by atoms with van der Waals surface area (Å²) in [6, 6.07) is 2.10. The molecule has 0 bridgehead atoms. The van der Waals surface area contributed by atoms with Crippen LogP contribution in [0.3, 0.4) is 0 Å². The fraction of sp³-hybridized carbons (Fsp3) is 0.571. The Kier molecular flexibility index (Phi) is 8.54. The van der Waals surface area contributed by atoms with Gasteiger partial charge in [-0.25, -0.2) is 4.79 Å². The van der Waals surface area contributed by atoms with Gasteiger partial charge in [-0.05, 0) is 29.3 Å². The number of nitrogens with zero attached hydrogens (tertiary/aromatic N) is 3. The number of hydrogen-bond acceptors (Lipinski definition) is 4. The number of halogens is 1. The van der Waals surface area contributed by atoms with Gasteiger partial charge < -0.3 is 19.9 Å². The van der Waals surface area contributed by atoms with Crippen LogP contribution in [0.4, 0.5) is 4.79 Å². The fourth-order valence-corrected chi connectivity index (χ4v) is 2.89. The lowest BCUT2D eigenvalue weighted by Gasteiger charge is -2.35. The van der Waals surface area contributed by atoms with E-state index < -0.39 is 0 Å². The van der Waals surface area contributed by atoms with Crippen LogP contribution in [0.25, 0.3) is 0 Å². The Hall–Kier alpha value is -1.03. The molecule has 0 atom stereocenters. The Labute approximate surface area is 152 Å². The van der Waals surface area contributed by atoms with E-state index in [1.165, 1.54) is 5.56 Å². The van der Waals surface area contributed by atoms with Crippen LogP contribution in [0.1, 0.15) is 12.5 Å². The zero-order chi connectivity index (χ0) is 15.1. The molecule has 124 valence electrons. The van der Waals surface area contributed by atoms with Crippen LogP contribution in [-0.4, -0.2) is 61.7 Å². The Morgan fingerprint density at radius 2 is 2.05 bits per heavy atom. The number of carbonyl (C=O) groups is 1. The molecule has 2 rings (SSSR count). The lowest BCUT2D eigenvalue weighted by molar-refractivity contribution is 0.0914. The Bertz CT molecular complexity index is 473. The summed E-state index contributed by atoms with van der Waals surface area (Å²) >= 11 is 1.69. The van der Waals surface area contributed by atoms with Gasteiger partial charge in [0.05, 0.1) is 6.61 Å². The molecule has 0 saturated carbocycles. The molecule has 1 N–H and O–H groups in total. The number of thiophene rings is 1. The van der Waals surface area contributed by atoms with E-state index in [-0.39, 0.29) is 30.1 Å². The van der Waals surface area contributed by atoms with E-state index in [9.17, 15) is 4.79 Å². The first kappa shape index (κ1) is 19.0. The summed E-state index contributed by atoms with van der Waals surface area (Å²) in [4.78, 5) is 19.9. The predicted molar refractivity (Wildman–Crippen MR) is 100 cm³/mol. The molecule has 0 radical (unpaired) electrons. The molecule has 0 aliphatic carbocycles. The lowest BCUT2D eigenvalue weighted by atomic mass is 10.3. The first-order valence-electron chi connectivity index (χ1n) is 7.13. The number of guanidine groups is 1. The average molecular weight is 438 g/mol. The van der Waals surface area contributed by atoms with Gasteiger partial charge >= 0.3 is 6.09 Å². The van der Waals surface area contributed by atoms with E-state index in [1.54, 1.807) is 23.3 Å². The van der Waals surface area contributed by atoms with Crippen molar-refractivity contribution in [3.63, 3.8) is 0 Å². The highest BCUT2D eigenvalue weighted by Gasteiger charge is 2.23. The summed E-state index contributed by atoms with van der Waals surface area (Å²) < 4.78 is 5.02. The van der Waals surface area contributed by atoms with Crippen molar-refractivity contribution >= 4 is 47.4 Å². The van der Waals surface area contributed by atoms with Crippen molar-refractivity contribution in [2.75, 3.05) is 39.8 Å². The van der Waals surface area contributed by atoms with E-state index in [0.717, 1.165) is 25.6 Å². The van der Waals surface area contributed by atoms with Crippen molar-refractivity contribution in [2.24, 2.45) is 4.99 Å².